The van der Waals surface area contributed by atoms with Crippen molar-refractivity contribution in [2.45, 2.75) is 37.6 Å². The van der Waals surface area contributed by atoms with E-state index >= 15 is 0 Å². The third kappa shape index (κ3) is 2.01. The molecule has 0 amide bonds. The van der Waals surface area contributed by atoms with Gasteiger partial charge in [0.15, 0.2) is 0 Å². The number of carbonyl (C=O) groups excluding carboxylic acids is 1. The minimum absolute atomic E-state index is 0.0837. The second-order valence-corrected chi connectivity index (χ2v) is 4.88. The summed E-state index contributed by atoms with van der Waals surface area (Å²) in [7, 11) is 0. The zero-order chi connectivity index (χ0) is 11.7. The lowest BCUT2D eigenvalue weighted by Crippen LogP contribution is -2.52. The topological polar surface area (TPSA) is 35.5 Å². The molecule has 0 aromatic heterocycles. The van der Waals surface area contributed by atoms with Crippen LogP contribution in [0, 0.1) is 0 Å². The van der Waals surface area contributed by atoms with Crippen LogP contribution in [0.5, 0.6) is 0 Å². The molecule has 1 aromatic carbocycles. The number of ketones is 1. The van der Waals surface area contributed by atoms with Crippen LogP contribution in [-0.2, 0) is 20.9 Å². The molecular weight excluding hydrogens is 216 g/mol. The summed E-state index contributed by atoms with van der Waals surface area (Å²) >= 11 is 0. The average molecular weight is 232 g/mol. The van der Waals surface area contributed by atoms with Gasteiger partial charge in [0.05, 0.1) is 19.3 Å². The highest BCUT2D eigenvalue weighted by Crippen LogP contribution is 2.43. The second-order valence-electron chi connectivity index (χ2n) is 4.88. The van der Waals surface area contributed by atoms with E-state index < -0.39 is 0 Å². The van der Waals surface area contributed by atoms with Gasteiger partial charge >= 0.3 is 0 Å². The third-order valence-electron chi connectivity index (χ3n) is 3.64. The molecule has 90 valence electrons. The van der Waals surface area contributed by atoms with Gasteiger partial charge in [-0.15, -0.1) is 0 Å². The summed E-state index contributed by atoms with van der Waals surface area (Å²) in [6, 6.07) is 10.1. The maximum Gasteiger partial charge on any atom is 0.138 e. The first-order valence-corrected chi connectivity index (χ1v) is 6.10. The van der Waals surface area contributed by atoms with E-state index in [4.69, 9.17) is 9.47 Å². The fourth-order valence-electron chi connectivity index (χ4n) is 2.68. The molecule has 1 spiro atoms. The zero-order valence-electron chi connectivity index (χ0n) is 9.72. The van der Waals surface area contributed by atoms with Crippen molar-refractivity contribution < 1.29 is 14.3 Å². The largest absolute Gasteiger partial charge is 0.371 e. The van der Waals surface area contributed by atoms with E-state index in [1.165, 1.54) is 5.56 Å². The zero-order valence-corrected chi connectivity index (χ0v) is 9.72. The summed E-state index contributed by atoms with van der Waals surface area (Å²) in [5.41, 5.74) is 0.881. The van der Waals surface area contributed by atoms with Gasteiger partial charge in [0, 0.05) is 12.8 Å². The summed E-state index contributed by atoms with van der Waals surface area (Å²) in [6.45, 7) is 1.32. The molecule has 1 saturated heterocycles. The third-order valence-corrected chi connectivity index (χ3v) is 3.64. The van der Waals surface area contributed by atoms with Crippen molar-refractivity contribution in [2.24, 2.45) is 0 Å². The number of Topliss-reactive ketones (excluding diaryl/α,β-unsaturated/α-hetero) is 1. The number of hydrogen-bond donors (Lipinski definition) is 0. The molecule has 3 nitrogen and oxygen atoms in total. The van der Waals surface area contributed by atoms with Crippen LogP contribution < -0.4 is 0 Å². The molecule has 2 aliphatic rings. The van der Waals surface area contributed by atoms with Crippen molar-refractivity contribution in [3.05, 3.63) is 35.9 Å². The maximum atomic E-state index is 11.1. The predicted molar refractivity (Wildman–Crippen MR) is 62.6 cm³/mol. The molecule has 3 rings (SSSR count). The van der Waals surface area contributed by atoms with Crippen LogP contribution >= 0.6 is 0 Å². The van der Waals surface area contributed by atoms with Crippen molar-refractivity contribution in [2.75, 3.05) is 6.61 Å². The van der Waals surface area contributed by atoms with Gasteiger partial charge in [-0.3, -0.25) is 4.79 Å². The van der Waals surface area contributed by atoms with Gasteiger partial charge in [0.25, 0.3) is 0 Å². The minimum atomic E-state index is -0.286. The van der Waals surface area contributed by atoms with Crippen LogP contribution in [0.2, 0.25) is 0 Å². The van der Waals surface area contributed by atoms with E-state index in [1.807, 2.05) is 18.2 Å². The van der Waals surface area contributed by atoms with E-state index in [-0.39, 0.29) is 11.7 Å². The molecule has 0 radical (unpaired) electrons. The molecule has 0 N–H and O–H groups in total. The van der Waals surface area contributed by atoms with Gasteiger partial charge in [-0.2, -0.15) is 0 Å². The van der Waals surface area contributed by atoms with Crippen LogP contribution in [0.25, 0.3) is 0 Å². The lowest BCUT2D eigenvalue weighted by atomic mass is 9.75. The lowest BCUT2D eigenvalue weighted by molar-refractivity contribution is -0.162. The first-order chi connectivity index (χ1) is 8.28. The monoisotopic (exact) mass is 232 g/mol. The van der Waals surface area contributed by atoms with Gasteiger partial charge in [-0.05, 0) is 12.0 Å². The van der Waals surface area contributed by atoms with Crippen molar-refractivity contribution >= 4 is 5.78 Å². The van der Waals surface area contributed by atoms with Gasteiger partial charge in [-0.25, -0.2) is 0 Å². The SMILES string of the molecule is O=C1CC2(C1)OCCC2OCc1ccccc1. The highest BCUT2D eigenvalue weighted by atomic mass is 16.6. The van der Waals surface area contributed by atoms with Crippen molar-refractivity contribution in [3.8, 4) is 0 Å². The Labute approximate surface area is 101 Å². The Morgan fingerprint density at radius 1 is 1.29 bits per heavy atom. The Bertz CT molecular complexity index is 405. The normalized spacial score (nSPS) is 26.1. The fraction of sp³-hybridized carbons (Fsp3) is 0.500. The Balaban J connectivity index is 1.60. The summed E-state index contributed by atoms with van der Waals surface area (Å²) in [6.07, 6.45) is 2.05. The van der Waals surface area contributed by atoms with Crippen LogP contribution in [0.15, 0.2) is 30.3 Å². The maximum absolute atomic E-state index is 11.1. The molecule has 1 atom stereocenters. The number of hydrogen-bond acceptors (Lipinski definition) is 3. The van der Waals surface area contributed by atoms with E-state index in [0.717, 1.165) is 6.42 Å². The molecule has 3 heteroatoms. The Morgan fingerprint density at radius 3 is 2.76 bits per heavy atom. The Kier molecular flexibility index (Phi) is 2.73. The van der Waals surface area contributed by atoms with Gasteiger partial charge in [0.2, 0.25) is 0 Å². The van der Waals surface area contributed by atoms with Gasteiger partial charge < -0.3 is 9.47 Å². The number of carbonyl (C=O) groups is 1. The smallest absolute Gasteiger partial charge is 0.138 e. The summed E-state index contributed by atoms with van der Waals surface area (Å²) in [4.78, 5) is 11.1. The van der Waals surface area contributed by atoms with E-state index in [9.17, 15) is 4.79 Å². The van der Waals surface area contributed by atoms with Gasteiger partial charge in [0.1, 0.15) is 11.4 Å². The highest BCUT2D eigenvalue weighted by Gasteiger charge is 2.54. The summed E-state index contributed by atoms with van der Waals surface area (Å²) in [5.74, 6) is 0.292. The van der Waals surface area contributed by atoms with Crippen LogP contribution in [0.4, 0.5) is 0 Å². The van der Waals surface area contributed by atoms with E-state index in [2.05, 4.69) is 12.1 Å². The fourth-order valence-corrected chi connectivity index (χ4v) is 2.68. The Hall–Kier alpha value is -1.19. The van der Waals surface area contributed by atoms with Crippen molar-refractivity contribution in [3.63, 3.8) is 0 Å². The first-order valence-electron chi connectivity index (χ1n) is 6.10. The molecule has 17 heavy (non-hydrogen) atoms. The number of benzene rings is 1. The molecule has 1 aromatic rings. The van der Waals surface area contributed by atoms with E-state index in [1.54, 1.807) is 0 Å². The number of ether oxygens (including phenoxy) is 2. The van der Waals surface area contributed by atoms with Crippen molar-refractivity contribution in [1.29, 1.82) is 0 Å². The summed E-state index contributed by atoms with van der Waals surface area (Å²) in [5, 5.41) is 0. The minimum Gasteiger partial charge on any atom is -0.371 e. The summed E-state index contributed by atoms with van der Waals surface area (Å²) < 4.78 is 11.6. The van der Waals surface area contributed by atoms with E-state index in [0.29, 0.717) is 31.8 Å². The molecule has 1 aliphatic heterocycles. The molecular formula is C14H16O3. The molecule has 2 fully saturated rings. The quantitative estimate of drug-likeness (QED) is 0.800. The lowest BCUT2D eigenvalue weighted by Gasteiger charge is -2.40. The first kappa shape index (κ1) is 10.9. The highest BCUT2D eigenvalue weighted by molar-refractivity contribution is 5.87. The molecule has 1 heterocycles. The van der Waals surface area contributed by atoms with Crippen molar-refractivity contribution in [1.82, 2.24) is 0 Å². The van der Waals surface area contributed by atoms with Gasteiger partial charge in [-0.1, -0.05) is 30.3 Å². The van der Waals surface area contributed by atoms with Crippen LogP contribution in [0.1, 0.15) is 24.8 Å². The standard InChI is InChI=1S/C14H16O3/c15-12-8-14(9-12)13(6-7-17-14)16-10-11-4-2-1-3-5-11/h1-5,13H,6-10H2. The molecule has 1 aliphatic carbocycles. The predicted octanol–water partition coefficient (Wildman–Crippen LogP) is 2.09. The molecule has 1 unspecified atom stereocenters. The average Bonchev–Trinajstić information content (AvgIpc) is 2.71. The van der Waals surface area contributed by atoms with Crippen LogP contribution in [0.3, 0.4) is 0 Å². The second kappa shape index (κ2) is 4.24. The molecule has 0 bridgehead atoms. The molecule has 1 saturated carbocycles. The number of rotatable bonds is 3. The van der Waals surface area contributed by atoms with Crippen LogP contribution in [-0.4, -0.2) is 24.1 Å². The Morgan fingerprint density at radius 2 is 2.06 bits per heavy atom.